The van der Waals surface area contributed by atoms with E-state index in [4.69, 9.17) is 14.2 Å². The van der Waals surface area contributed by atoms with Crippen LogP contribution < -0.4 is 10.1 Å². The highest BCUT2D eigenvalue weighted by molar-refractivity contribution is 7.99. The monoisotopic (exact) mass is 844 g/mol. The lowest BCUT2D eigenvalue weighted by Gasteiger charge is -2.60. The lowest BCUT2D eigenvalue weighted by atomic mass is 9.69. The van der Waals surface area contributed by atoms with Crippen molar-refractivity contribution in [1.29, 1.82) is 5.26 Å². The van der Waals surface area contributed by atoms with Crippen LogP contribution in [0.2, 0.25) is 0 Å². The van der Waals surface area contributed by atoms with E-state index in [0.29, 0.717) is 40.2 Å². The molecule has 8 rings (SSSR count). The average molecular weight is 845 g/mol. The Morgan fingerprint density at radius 1 is 0.984 bits per heavy atom. The summed E-state index contributed by atoms with van der Waals surface area (Å²) in [4.78, 5) is 60.1. The number of allylic oxidation sites excluding steroid dienone is 2. The average Bonchev–Trinajstić information content (AvgIpc) is 3.53. The zero-order valence-electron chi connectivity index (χ0n) is 35.8. The number of nitrogens with zero attached hydrogens (tertiary/aromatic N) is 3. The second kappa shape index (κ2) is 16.1. The van der Waals surface area contributed by atoms with Crippen LogP contribution in [0.15, 0.2) is 76.9 Å². The SMILES string of the molecule is COc1c(C)cc2c(c1O)[C@@H]1[C@@H]3CC4=C(C(=O)C(C)=C(C)C4=O)[C@H](COC(=O)[C@@H](CSCC4c5ccccc5-c5ccccc54)NC(=O)OC(C)(C)C)N3[C@@H](C#N)[C@H](C2)N1C. The Morgan fingerprint density at radius 3 is 2.25 bits per heavy atom. The summed E-state index contributed by atoms with van der Waals surface area (Å²) in [6, 6.07) is 16.8. The summed E-state index contributed by atoms with van der Waals surface area (Å²) in [5.74, 6) is -0.119. The molecule has 0 aromatic heterocycles. The van der Waals surface area contributed by atoms with Crippen LogP contribution in [-0.4, -0.2) is 107 Å². The lowest BCUT2D eigenvalue weighted by molar-refractivity contribution is -0.150. The van der Waals surface area contributed by atoms with Crippen LogP contribution in [0.1, 0.15) is 80.8 Å². The number of ether oxygens (including phenoxy) is 3. The van der Waals surface area contributed by atoms with Gasteiger partial charge in [-0.3, -0.25) is 19.4 Å². The maximum atomic E-state index is 14.4. The van der Waals surface area contributed by atoms with Gasteiger partial charge in [-0.2, -0.15) is 17.0 Å². The molecule has 0 spiro atoms. The highest BCUT2D eigenvalue weighted by Crippen LogP contribution is 2.54. The third kappa shape index (κ3) is 7.22. The predicted molar refractivity (Wildman–Crippen MR) is 231 cm³/mol. The van der Waals surface area contributed by atoms with Gasteiger partial charge >= 0.3 is 12.1 Å². The van der Waals surface area contributed by atoms with Gasteiger partial charge in [-0.05, 0) is 94.8 Å². The number of Topliss-reactive ketones (excluding diaryl/α,β-unsaturated/α-hetero) is 2. The number of phenolic OH excluding ortho intramolecular Hbond substituents is 1. The number of carbonyl (C=O) groups is 4. The normalized spacial score (nSPS) is 23.9. The van der Waals surface area contributed by atoms with Crippen molar-refractivity contribution in [2.45, 2.75) is 102 Å². The van der Waals surface area contributed by atoms with Crippen LogP contribution in [0.3, 0.4) is 0 Å². The molecule has 2 bridgehead atoms. The predicted octanol–water partition coefficient (Wildman–Crippen LogP) is 6.72. The number of piperazine rings is 1. The van der Waals surface area contributed by atoms with Gasteiger partial charge < -0.3 is 24.6 Å². The van der Waals surface area contributed by atoms with Crippen LogP contribution in [0, 0.1) is 18.3 Å². The molecule has 0 unspecified atom stereocenters. The van der Waals surface area contributed by atoms with E-state index in [1.165, 1.54) is 41.1 Å². The Bertz CT molecular complexity index is 2420. The number of nitriles is 1. The van der Waals surface area contributed by atoms with Gasteiger partial charge in [0.25, 0.3) is 0 Å². The molecule has 5 aliphatic rings. The van der Waals surface area contributed by atoms with E-state index in [-0.39, 0.29) is 53.6 Å². The number of esters is 1. The van der Waals surface area contributed by atoms with E-state index in [1.54, 1.807) is 34.6 Å². The van der Waals surface area contributed by atoms with Gasteiger partial charge in [-0.15, -0.1) is 0 Å². The fraction of sp³-hybridized carbons (Fsp3) is 0.438. The first-order valence-corrected chi connectivity index (χ1v) is 21.9. The van der Waals surface area contributed by atoms with Gasteiger partial charge in [0.2, 0.25) is 0 Å². The van der Waals surface area contributed by atoms with Crippen molar-refractivity contribution in [3.8, 4) is 28.7 Å². The van der Waals surface area contributed by atoms with Crippen molar-refractivity contribution in [2.75, 3.05) is 32.3 Å². The third-order valence-corrected chi connectivity index (χ3v) is 14.2. The summed E-state index contributed by atoms with van der Waals surface area (Å²) in [5.41, 5.74) is 7.43. The number of aromatic hydroxyl groups is 1. The number of hydrogen-bond acceptors (Lipinski definition) is 12. The van der Waals surface area contributed by atoms with Crippen molar-refractivity contribution >= 4 is 35.4 Å². The number of aryl methyl sites for hydroxylation is 1. The lowest BCUT2D eigenvalue weighted by Crippen LogP contribution is -2.70. The number of hydrogen-bond donors (Lipinski definition) is 2. The Labute approximate surface area is 360 Å². The topological polar surface area (TPSA) is 158 Å². The zero-order valence-corrected chi connectivity index (χ0v) is 36.6. The molecule has 1 amide bonds. The van der Waals surface area contributed by atoms with Crippen LogP contribution in [0.5, 0.6) is 11.5 Å². The molecule has 61 heavy (non-hydrogen) atoms. The highest BCUT2D eigenvalue weighted by Gasteiger charge is 2.58. The number of methoxy groups -OCH3 is 1. The number of thioether (sulfide) groups is 1. The van der Waals surface area contributed by atoms with Gasteiger partial charge in [0, 0.05) is 57.4 Å². The van der Waals surface area contributed by atoms with Gasteiger partial charge in [-0.25, -0.2) is 9.59 Å². The number of fused-ring (bicyclic) bond motifs is 9. The molecule has 13 heteroatoms. The maximum Gasteiger partial charge on any atom is 0.408 e. The molecule has 2 aliphatic carbocycles. The molecular weight excluding hydrogens is 793 g/mol. The summed E-state index contributed by atoms with van der Waals surface area (Å²) < 4.78 is 17.4. The number of likely N-dealkylation sites (N-methyl/N-ethyl adjacent to an activating group) is 1. The Hall–Kier alpha value is -5.42. The molecule has 318 valence electrons. The Morgan fingerprint density at radius 2 is 1.62 bits per heavy atom. The summed E-state index contributed by atoms with van der Waals surface area (Å²) in [6.07, 6.45) is -0.212. The van der Waals surface area contributed by atoms with Crippen LogP contribution in [0.4, 0.5) is 4.79 Å². The van der Waals surface area contributed by atoms with E-state index in [1.807, 2.05) is 49.2 Å². The quantitative estimate of drug-likeness (QED) is 0.173. The summed E-state index contributed by atoms with van der Waals surface area (Å²) in [7, 11) is 3.42. The Balaban J connectivity index is 1.12. The first-order chi connectivity index (χ1) is 29.1. The molecule has 1 fully saturated rings. The molecule has 3 heterocycles. The molecule has 3 aromatic rings. The molecule has 3 aromatic carbocycles. The third-order valence-electron chi connectivity index (χ3n) is 13.1. The van der Waals surface area contributed by atoms with E-state index < -0.39 is 47.9 Å². The molecule has 2 N–H and O–H groups in total. The number of nitrogens with one attached hydrogen (secondary N) is 1. The summed E-state index contributed by atoms with van der Waals surface area (Å²) in [6.45, 7) is 9.98. The first-order valence-electron chi connectivity index (χ1n) is 20.8. The number of phenols is 1. The molecule has 0 radical (unpaired) electrons. The minimum Gasteiger partial charge on any atom is -0.504 e. The first kappa shape index (κ1) is 42.3. The van der Waals surface area contributed by atoms with Crippen molar-refractivity contribution in [3.05, 3.63) is 105 Å². The van der Waals surface area contributed by atoms with E-state index in [0.717, 1.165) is 11.1 Å². The number of carbonyl (C=O) groups excluding carboxylic acids is 4. The summed E-state index contributed by atoms with van der Waals surface area (Å²) in [5, 5.41) is 25.5. The van der Waals surface area contributed by atoms with Crippen LogP contribution in [-0.2, 0) is 30.3 Å². The second-order valence-corrected chi connectivity index (χ2v) is 18.8. The minimum atomic E-state index is -1.13. The molecule has 6 atom stereocenters. The smallest absolute Gasteiger partial charge is 0.408 e. The van der Waals surface area contributed by atoms with E-state index in [9.17, 15) is 29.5 Å². The van der Waals surface area contributed by atoms with Gasteiger partial charge in [0.15, 0.2) is 23.1 Å². The van der Waals surface area contributed by atoms with E-state index >= 15 is 0 Å². The fourth-order valence-corrected chi connectivity index (χ4v) is 11.5. The number of ketones is 2. The molecule has 12 nitrogen and oxygen atoms in total. The van der Waals surface area contributed by atoms with E-state index in [2.05, 4.69) is 40.6 Å². The van der Waals surface area contributed by atoms with Crippen LogP contribution >= 0.6 is 11.8 Å². The van der Waals surface area contributed by atoms with Gasteiger partial charge in [-0.1, -0.05) is 54.6 Å². The van der Waals surface area contributed by atoms with Crippen molar-refractivity contribution in [1.82, 2.24) is 15.1 Å². The van der Waals surface area contributed by atoms with Gasteiger partial charge in [0.1, 0.15) is 24.3 Å². The Kier molecular flexibility index (Phi) is 11.2. The zero-order chi connectivity index (χ0) is 43.7. The molecule has 3 aliphatic heterocycles. The summed E-state index contributed by atoms with van der Waals surface area (Å²) >= 11 is 1.51. The fourth-order valence-electron chi connectivity index (χ4n) is 10.3. The van der Waals surface area contributed by atoms with Crippen molar-refractivity contribution in [2.24, 2.45) is 0 Å². The van der Waals surface area contributed by atoms with Crippen molar-refractivity contribution in [3.63, 3.8) is 0 Å². The molecule has 0 saturated carbocycles. The second-order valence-electron chi connectivity index (χ2n) is 17.7. The molecular formula is C48H52N4O8S. The van der Waals surface area contributed by atoms with Crippen molar-refractivity contribution < 1.29 is 38.5 Å². The number of benzene rings is 3. The maximum absolute atomic E-state index is 14.4. The highest BCUT2D eigenvalue weighted by atomic mass is 32.2. The van der Waals surface area contributed by atoms with Gasteiger partial charge in [0.05, 0.1) is 25.3 Å². The standard InChI is InChI=1S/C48H52N4O8S/c1-24-17-27-18-35-37(20-49)52-36(41(51(35)7)39(27)44(55)45(24)58-8)19-32-40(43(54)26(3)25(2)42(32)53)38(52)21-59-46(56)34(50-47(57)60-48(4,5)6)23-61-22-33-30-15-11-9-13-28(30)29-14-10-12-16-31(29)33/h9-17,33-38,41,55H,18-19,21-23H2,1-8H3,(H,50,57)/t34-,35+,36+,37+,38+,41+/m1/s1. The largest absolute Gasteiger partial charge is 0.504 e. The minimum absolute atomic E-state index is 0.00187. The molecule has 1 saturated heterocycles. The number of amides is 1. The number of rotatable bonds is 9. The number of alkyl carbamates (subject to hydrolysis) is 1. The van der Waals surface area contributed by atoms with Crippen LogP contribution in [0.25, 0.3) is 11.1 Å².